The minimum atomic E-state index is -4.57. The maximum absolute atomic E-state index is 14.5. The van der Waals surface area contributed by atoms with Crippen LogP contribution in [0.2, 0.25) is 0 Å². The molecule has 0 saturated heterocycles. The number of nitrogens with one attached hydrogen (secondary N) is 2. The quantitative estimate of drug-likeness (QED) is 0.276. The third-order valence-electron chi connectivity index (χ3n) is 4.89. The third-order valence-corrected chi connectivity index (χ3v) is 6.17. The Kier molecular flexibility index (Phi) is 9.42. The Bertz CT molecular complexity index is 1250. The monoisotopic (exact) mass is 511 g/mol. The number of anilines is 1. The summed E-state index contributed by atoms with van der Waals surface area (Å²) in [6.45, 7) is 3.17. The fourth-order valence-corrected chi connectivity index (χ4v) is 3.65. The maximum Gasteiger partial charge on any atom is 0.433 e. The van der Waals surface area contributed by atoms with Gasteiger partial charge in [-0.25, -0.2) is 17.8 Å². The number of unbranched alkanes of at least 4 members (excludes halogenated alkanes) is 1. The predicted octanol–water partition coefficient (Wildman–Crippen LogP) is 4.65. The Morgan fingerprint density at radius 3 is 2.54 bits per heavy atom. The van der Waals surface area contributed by atoms with Crippen molar-refractivity contribution in [3.8, 4) is 12.3 Å². The van der Waals surface area contributed by atoms with Gasteiger partial charge in [-0.1, -0.05) is 25.3 Å². The van der Waals surface area contributed by atoms with Crippen molar-refractivity contribution in [2.75, 3.05) is 10.5 Å². The molecule has 0 aliphatic carbocycles. The predicted molar refractivity (Wildman–Crippen MR) is 126 cm³/mol. The molecule has 6 nitrogen and oxygen atoms in total. The number of sulfonamides is 1. The van der Waals surface area contributed by atoms with E-state index in [0.29, 0.717) is 18.4 Å². The Balaban J connectivity index is 2.16. The number of rotatable bonds is 10. The van der Waals surface area contributed by atoms with Gasteiger partial charge in [-0.2, -0.15) is 13.2 Å². The Hall–Kier alpha value is -3.39. The number of terminal acetylenes is 1. The van der Waals surface area contributed by atoms with Gasteiger partial charge >= 0.3 is 6.18 Å². The zero-order valence-electron chi connectivity index (χ0n) is 19.2. The number of hydrogen-bond acceptors (Lipinski definition) is 4. The summed E-state index contributed by atoms with van der Waals surface area (Å²) in [6, 6.07) is 4.52. The van der Waals surface area contributed by atoms with Crippen molar-refractivity contribution in [3.05, 3.63) is 64.2 Å². The van der Waals surface area contributed by atoms with Crippen molar-refractivity contribution in [3.63, 3.8) is 0 Å². The number of alkyl halides is 3. The number of carbonyl (C=O) groups is 1. The highest BCUT2D eigenvalue weighted by Crippen LogP contribution is 2.29. The van der Waals surface area contributed by atoms with Crippen LogP contribution in [0.15, 0.2) is 30.3 Å². The molecule has 11 heteroatoms. The van der Waals surface area contributed by atoms with Gasteiger partial charge in [0.15, 0.2) is 0 Å². The molecular formula is C24H25F4N3O3S. The van der Waals surface area contributed by atoms with E-state index in [1.54, 1.807) is 0 Å². The molecule has 1 heterocycles. The summed E-state index contributed by atoms with van der Waals surface area (Å²) in [6.07, 6.45) is 5.03. The SMILES string of the molecule is C#Cc1cc(CNC(=O)C=Cc2ccc(C(F)(F)F)nc2CCCC)cc(F)c1NS(=O)(=O)CC. The number of pyridine rings is 1. The van der Waals surface area contributed by atoms with Crippen LogP contribution in [0.1, 0.15) is 54.8 Å². The molecule has 0 saturated carbocycles. The molecule has 2 aromatic rings. The zero-order valence-corrected chi connectivity index (χ0v) is 20.0. The number of nitrogens with zero attached hydrogens (tertiary/aromatic N) is 1. The van der Waals surface area contributed by atoms with Crippen LogP contribution in [0.4, 0.5) is 23.2 Å². The lowest BCUT2D eigenvalue weighted by molar-refractivity contribution is -0.141. The third kappa shape index (κ3) is 8.10. The fraction of sp³-hybridized carbons (Fsp3) is 0.333. The molecule has 0 fully saturated rings. The molecule has 1 amide bonds. The number of amides is 1. The molecule has 0 radical (unpaired) electrons. The minimum Gasteiger partial charge on any atom is -0.348 e. The van der Waals surface area contributed by atoms with Crippen LogP contribution in [0.3, 0.4) is 0 Å². The summed E-state index contributed by atoms with van der Waals surface area (Å²) in [5.74, 6) is 0.473. The average Bonchev–Trinajstić information content (AvgIpc) is 2.80. The van der Waals surface area contributed by atoms with Crippen molar-refractivity contribution in [1.29, 1.82) is 0 Å². The summed E-state index contributed by atoms with van der Waals surface area (Å²) in [5, 5.41) is 2.52. The van der Waals surface area contributed by atoms with Gasteiger partial charge in [0.25, 0.3) is 0 Å². The van der Waals surface area contributed by atoms with Gasteiger partial charge in [-0.3, -0.25) is 9.52 Å². The number of aryl methyl sites for hydroxylation is 1. The van der Waals surface area contributed by atoms with E-state index >= 15 is 0 Å². The van der Waals surface area contributed by atoms with E-state index in [2.05, 4.69) is 20.9 Å². The highest BCUT2D eigenvalue weighted by Gasteiger charge is 2.32. The molecular weight excluding hydrogens is 486 g/mol. The van der Waals surface area contributed by atoms with Crippen LogP contribution >= 0.6 is 0 Å². The highest BCUT2D eigenvalue weighted by atomic mass is 32.2. The van der Waals surface area contributed by atoms with Crippen molar-refractivity contribution in [1.82, 2.24) is 10.3 Å². The lowest BCUT2D eigenvalue weighted by Gasteiger charge is -2.12. The van der Waals surface area contributed by atoms with E-state index in [4.69, 9.17) is 6.42 Å². The Labute approximate surface area is 201 Å². The average molecular weight is 512 g/mol. The number of carbonyl (C=O) groups excluding carboxylic acids is 1. The lowest BCUT2D eigenvalue weighted by atomic mass is 10.1. The Morgan fingerprint density at radius 1 is 1.23 bits per heavy atom. The summed E-state index contributed by atoms with van der Waals surface area (Å²) in [4.78, 5) is 16.0. The second-order valence-electron chi connectivity index (χ2n) is 7.53. The van der Waals surface area contributed by atoms with Crippen LogP contribution in [-0.4, -0.2) is 25.1 Å². The highest BCUT2D eigenvalue weighted by molar-refractivity contribution is 7.92. The number of hydrogen-bond donors (Lipinski definition) is 2. The van der Waals surface area contributed by atoms with E-state index in [1.165, 1.54) is 25.1 Å². The van der Waals surface area contributed by atoms with Gasteiger partial charge in [0, 0.05) is 18.3 Å². The molecule has 2 N–H and O–H groups in total. The van der Waals surface area contributed by atoms with E-state index in [-0.39, 0.29) is 34.8 Å². The summed E-state index contributed by atoms with van der Waals surface area (Å²) < 4.78 is 79.1. The summed E-state index contributed by atoms with van der Waals surface area (Å²) in [7, 11) is -3.75. The molecule has 2 rings (SSSR count). The molecule has 0 spiro atoms. The smallest absolute Gasteiger partial charge is 0.348 e. The molecule has 0 aliphatic rings. The maximum atomic E-state index is 14.5. The number of benzene rings is 1. The molecule has 0 unspecified atom stereocenters. The van der Waals surface area contributed by atoms with Gasteiger partial charge in [0.1, 0.15) is 11.5 Å². The molecule has 0 atom stereocenters. The van der Waals surface area contributed by atoms with E-state index < -0.39 is 33.6 Å². The largest absolute Gasteiger partial charge is 0.433 e. The first-order valence-corrected chi connectivity index (χ1v) is 12.4. The molecule has 1 aromatic carbocycles. The minimum absolute atomic E-state index is 0.0294. The molecule has 188 valence electrons. The standard InChI is InChI=1S/C24H25F4N3O3S/c1-4-7-8-20-18(9-11-21(30-20)24(26,27)28)10-12-22(32)29-15-16-13-17(5-2)23(19(25)14-16)31-35(33,34)6-3/h2,9-14,31H,4,6-8,15H2,1,3H3,(H,29,32). The van der Waals surface area contributed by atoms with Crippen LogP contribution in [0, 0.1) is 18.2 Å². The van der Waals surface area contributed by atoms with E-state index in [0.717, 1.165) is 24.6 Å². The van der Waals surface area contributed by atoms with Gasteiger partial charge in [-0.05, 0) is 55.2 Å². The molecule has 0 aliphatic heterocycles. The van der Waals surface area contributed by atoms with Crippen molar-refractivity contribution >= 4 is 27.7 Å². The zero-order chi connectivity index (χ0) is 26.2. The number of aromatic nitrogens is 1. The van der Waals surface area contributed by atoms with Gasteiger partial charge in [0.2, 0.25) is 15.9 Å². The first-order valence-electron chi connectivity index (χ1n) is 10.7. The van der Waals surface area contributed by atoms with Crippen molar-refractivity contribution in [2.45, 2.75) is 45.8 Å². The molecule has 1 aromatic heterocycles. The van der Waals surface area contributed by atoms with Crippen molar-refractivity contribution < 1.29 is 30.8 Å². The van der Waals surface area contributed by atoms with Crippen molar-refractivity contribution in [2.24, 2.45) is 0 Å². The van der Waals surface area contributed by atoms with Gasteiger partial charge in [-0.15, -0.1) is 6.42 Å². The van der Waals surface area contributed by atoms with Gasteiger partial charge < -0.3 is 5.32 Å². The van der Waals surface area contributed by atoms with Crippen LogP contribution in [0.5, 0.6) is 0 Å². The second kappa shape index (κ2) is 11.8. The van der Waals surface area contributed by atoms with Crippen LogP contribution < -0.4 is 10.0 Å². The first kappa shape index (κ1) is 27.9. The first-order chi connectivity index (χ1) is 16.4. The lowest BCUT2D eigenvalue weighted by Crippen LogP contribution is -2.21. The topological polar surface area (TPSA) is 88.2 Å². The molecule has 0 bridgehead atoms. The summed E-state index contributed by atoms with van der Waals surface area (Å²) >= 11 is 0. The number of halogens is 4. The van der Waals surface area contributed by atoms with E-state index in [1.807, 2.05) is 6.92 Å². The molecule has 35 heavy (non-hydrogen) atoms. The van der Waals surface area contributed by atoms with Crippen LogP contribution in [0.25, 0.3) is 6.08 Å². The summed E-state index contributed by atoms with van der Waals surface area (Å²) in [5.41, 5.74) is -0.471. The van der Waals surface area contributed by atoms with E-state index in [9.17, 15) is 30.8 Å². The Morgan fingerprint density at radius 2 is 1.94 bits per heavy atom. The van der Waals surface area contributed by atoms with Crippen LogP contribution in [-0.2, 0) is 34.0 Å². The fourth-order valence-electron chi connectivity index (χ4n) is 2.99. The van der Waals surface area contributed by atoms with Gasteiger partial charge in [0.05, 0.1) is 17.0 Å². The normalized spacial score (nSPS) is 11.9. The second-order valence-corrected chi connectivity index (χ2v) is 9.55.